The van der Waals surface area contributed by atoms with E-state index in [0.29, 0.717) is 12.3 Å². The van der Waals surface area contributed by atoms with Crippen molar-refractivity contribution in [3.05, 3.63) is 35.9 Å². The van der Waals surface area contributed by atoms with Crippen LogP contribution in [0.5, 0.6) is 0 Å². The Kier molecular flexibility index (Phi) is 6.79. The van der Waals surface area contributed by atoms with Crippen molar-refractivity contribution >= 4 is 22.8 Å². The minimum Gasteiger partial charge on any atom is -0.481 e. The molecule has 1 aromatic carbocycles. The van der Waals surface area contributed by atoms with Crippen molar-refractivity contribution in [2.45, 2.75) is 38.9 Å². The zero-order valence-corrected chi connectivity index (χ0v) is 13.0. The molecule has 0 amide bonds. The van der Waals surface area contributed by atoms with E-state index < -0.39 is 5.97 Å². The summed E-state index contributed by atoms with van der Waals surface area (Å²) < 4.78 is 0. The number of hydrogen-bond acceptors (Lipinski definition) is 3. The molecule has 2 atom stereocenters. The third-order valence-electron chi connectivity index (χ3n) is 3.03. The minimum absolute atomic E-state index is 0.0456. The number of aliphatic carboxylic acids is 1. The zero-order chi connectivity index (χ0) is 15.1. The molecular formula is C16H22O3S. The van der Waals surface area contributed by atoms with E-state index >= 15 is 0 Å². The Morgan fingerprint density at radius 1 is 1.10 bits per heavy atom. The molecule has 4 heteroatoms. The van der Waals surface area contributed by atoms with Crippen molar-refractivity contribution in [3.63, 3.8) is 0 Å². The van der Waals surface area contributed by atoms with Gasteiger partial charge in [0.2, 0.25) is 0 Å². The van der Waals surface area contributed by atoms with Gasteiger partial charge in [-0.1, -0.05) is 62.9 Å². The van der Waals surface area contributed by atoms with Crippen LogP contribution >= 0.6 is 11.8 Å². The Morgan fingerprint density at radius 3 is 2.20 bits per heavy atom. The molecule has 1 aromatic rings. The van der Waals surface area contributed by atoms with Crippen LogP contribution in [0.15, 0.2) is 30.3 Å². The molecule has 0 saturated heterocycles. The van der Waals surface area contributed by atoms with Gasteiger partial charge in [-0.3, -0.25) is 9.59 Å². The number of thioether (sulfide) groups is 1. The summed E-state index contributed by atoms with van der Waals surface area (Å²) in [6, 6.07) is 9.98. The van der Waals surface area contributed by atoms with Gasteiger partial charge in [0, 0.05) is 18.1 Å². The summed E-state index contributed by atoms with van der Waals surface area (Å²) in [5.74, 6) is -0.615. The second-order valence-electron chi connectivity index (χ2n) is 5.47. The predicted molar refractivity (Wildman–Crippen MR) is 82.7 cm³/mol. The maximum atomic E-state index is 12.1. The highest BCUT2D eigenvalue weighted by Crippen LogP contribution is 2.37. The number of rotatable bonds is 7. The van der Waals surface area contributed by atoms with E-state index in [1.54, 1.807) is 6.92 Å². The predicted octanol–water partition coefficient (Wildman–Crippen LogP) is 4.14. The maximum Gasteiger partial charge on any atom is 0.303 e. The van der Waals surface area contributed by atoms with E-state index in [9.17, 15) is 9.59 Å². The van der Waals surface area contributed by atoms with Gasteiger partial charge in [-0.25, -0.2) is 0 Å². The van der Waals surface area contributed by atoms with E-state index in [0.717, 1.165) is 5.56 Å². The van der Waals surface area contributed by atoms with Gasteiger partial charge in [0.25, 0.3) is 0 Å². The SMILES string of the molecule is CC(C)[C@H](SC(=O)C[C@@H](C)CC(=O)O)c1ccccc1. The molecule has 0 aliphatic rings. The average molecular weight is 294 g/mol. The Morgan fingerprint density at radius 2 is 1.70 bits per heavy atom. The molecule has 3 nitrogen and oxygen atoms in total. The van der Waals surface area contributed by atoms with E-state index in [4.69, 9.17) is 5.11 Å². The molecule has 20 heavy (non-hydrogen) atoms. The van der Waals surface area contributed by atoms with Crippen molar-refractivity contribution in [1.29, 1.82) is 0 Å². The number of benzene rings is 1. The number of carboxylic acid groups (broad SMARTS) is 1. The first-order chi connectivity index (χ1) is 9.40. The van der Waals surface area contributed by atoms with Crippen LogP contribution in [0.3, 0.4) is 0 Å². The average Bonchev–Trinajstić information content (AvgIpc) is 2.35. The first-order valence-electron chi connectivity index (χ1n) is 6.86. The van der Waals surface area contributed by atoms with Gasteiger partial charge < -0.3 is 5.11 Å². The highest BCUT2D eigenvalue weighted by molar-refractivity contribution is 8.13. The third kappa shape index (κ3) is 5.78. The monoisotopic (exact) mass is 294 g/mol. The number of carbonyl (C=O) groups is 2. The Bertz CT molecular complexity index is 442. The highest BCUT2D eigenvalue weighted by Gasteiger charge is 2.22. The first-order valence-corrected chi connectivity index (χ1v) is 7.74. The minimum atomic E-state index is -0.848. The van der Waals surface area contributed by atoms with Crippen LogP contribution in [-0.2, 0) is 9.59 Å². The van der Waals surface area contributed by atoms with E-state index in [2.05, 4.69) is 13.8 Å². The van der Waals surface area contributed by atoms with Crippen LogP contribution in [0, 0.1) is 11.8 Å². The first kappa shape index (κ1) is 16.8. The van der Waals surface area contributed by atoms with Crippen LogP contribution in [-0.4, -0.2) is 16.2 Å². The molecule has 0 heterocycles. The lowest BCUT2D eigenvalue weighted by Gasteiger charge is -2.20. The summed E-state index contributed by atoms with van der Waals surface area (Å²) in [4.78, 5) is 22.7. The molecule has 0 fully saturated rings. The van der Waals surface area contributed by atoms with Crippen molar-refractivity contribution < 1.29 is 14.7 Å². The summed E-state index contributed by atoms with van der Waals surface area (Å²) in [6.45, 7) is 6.00. The molecule has 0 saturated carbocycles. The topological polar surface area (TPSA) is 54.4 Å². The quantitative estimate of drug-likeness (QED) is 0.821. The molecule has 1 rings (SSSR count). The fourth-order valence-electron chi connectivity index (χ4n) is 2.08. The van der Waals surface area contributed by atoms with Gasteiger partial charge in [0.1, 0.15) is 0 Å². The molecule has 110 valence electrons. The smallest absolute Gasteiger partial charge is 0.303 e. The lowest BCUT2D eigenvalue weighted by Crippen LogP contribution is -2.11. The van der Waals surface area contributed by atoms with E-state index in [1.807, 2.05) is 30.3 Å². The number of carboxylic acids is 1. The van der Waals surface area contributed by atoms with Gasteiger partial charge in [0.05, 0.1) is 0 Å². The number of carbonyl (C=O) groups excluding carboxylic acids is 1. The normalized spacial score (nSPS) is 14.0. The molecule has 0 aliphatic carbocycles. The molecule has 0 radical (unpaired) electrons. The Balaban J connectivity index is 2.63. The Labute approximate surface area is 124 Å². The molecule has 0 unspecified atom stereocenters. The van der Waals surface area contributed by atoms with Crippen LogP contribution in [0.25, 0.3) is 0 Å². The number of hydrogen-bond donors (Lipinski definition) is 1. The van der Waals surface area contributed by atoms with Crippen LogP contribution in [0.1, 0.15) is 44.4 Å². The molecule has 0 bridgehead atoms. The fraction of sp³-hybridized carbons (Fsp3) is 0.500. The lowest BCUT2D eigenvalue weighted by atomic mass is 10.0. The van der Waals surface area contributed by atoms with Crippen molar-refractivity contribution in [2.24, 2.45) is 11.8 Å². The third-order valence-corrected chi connectivity index (χ3v) is 4.53. The van der Waals surface area contributed by atoms with Crippen LogP contribution < -0.4 is 0 Å². The fourth-order valence-corrected chi connectivity index (χ4v) is 3.31. The highest BCUT2D eigenvalue weighted by atomic mass is 32.2. The molecular weight excluding hydrogens is 272 g/mol. The Hall–Kier alpha value is -1.29. The van der Waals surface area contributed by atoms with Crippen LogP contribution in [0.2, 0.25) is 0 Å². The van der Waals surface area contributed by atoms with Gasteiger partial charge in [-0.2, -0.15) is 0 Å². The molecule has 1 N–H and O–H groups in total. The summed E-state index contributed by atoms with van der Waals surface area (Å²) in [5.41, 5.74) is 1.15. The van der Waals surface area contributed by atoms with Gasteiger partial charge >= 0.3 is 5.97 Å². The van der Waals surface area contributed by atoms with Crippen LogP contribution in [0.4, 0.5) is 0 Å². The summed E-state index contributed by atoms with van der Waals surface area (Å²) in [6.07, 6.45) is 0.358. The summed E-state index contributed by atoms with van der Waals surface area (Å²) in [5, 5.41) is 8.92. The molecule has 0 spiro atoms. The van der Waals surface area contributed by atoms with E-state index in [1.165, 1.54) is 11.8 Å². The summed E-state index contributed by atoms with van der Waals surface area (Å²) in [7, 11) is 0. The standard InChI is InChI=1S/C16H22O3S/c1-11(2)16(13-7-5-4-6-8-13)20-15(19)10-12(3)9-14(17)18/h4-8,11-12,16H,9-10H2,1-3H3,(H,17,18)/t12-,16-/m0/s1. The second-order valence-corrected chi connectivity index (χ2v) is 6.67. The molecule has 0 aromatic heterocycles. The van der Waals surface area contributed by atoms with Gasteiger partial charge in [-0.15, -0.1) is 0 Å². The zero-order valence-electron chi connectivity index (χ0n) is 12.2. The largest absolute Gasteiger partial charge is 0.481 e. The van der Waals surface area contributed by atoms with Gasteiger partial charge in [0.15, 0.2) is 5.12 Å². The van der Waals surface area contributed by atoms with E-state index in [-0.39, 0.29) is 22.7 Å². The lowest BCUT2D eigenvalue weighted by molar-refractivity contribution is -0.138. The van der Waals surface area contributed by atoms with Crippen molar-refractivity contribution in [1.82, 2.24) is 0 Å². The summed E-state index contributed by atoms with van der Waals surface area (Å²) >= 11 is 1.33. The van der Waals surface area contributed by atoms with Crippen molar-refractivity contribution in [3.8, 4) is 0 Å². The van der Waals surface area contributed by atoms with Crippen molar-refractivity contribution in [2.75, 3.05) is 0 Å². The molecule has 0 aliphatic heterocycles. The maximum absolute atomic E-state index is 12.1. The second kappa shape index (κ2) is 8.10. The van der Waals surface area contributed by atoms with Gasteiger partial charge in [-0.05, 0) is 17.4 Å².